The second-order valence-corrected chi connectivity index (χ2v) is 11.8. The second-order valence-electron chi connectivity index (χ2n) is 7.33. The van der Waals surface area contributed by atoms with Crippen molar-refractivity contribution in [3.63, 3.8) is 0 Å². The molecule has 2 saturated carbocycles. The van der Waals surface area contributed by atoms with E-state index in [9.17, 15) is 4.79 Å². The molecule has 116 valence electrons. The maximum atomic E-state index is 12.4. The zero-order valence-electron chi connectivity index (χ0n) is 14.1. The molecule has 0 radical (unpaired) electrons. The number of hydrogen-bond donors (Lipinski definition) is 0. The van der Waals surface area contributed by atoms with E-state index in [1.54, 1.807) is 0 Å². The van der Waals surface area contributed by atoms with E-state index >= 15 is 0 Å². The molecular weight excluding hydrogens is 276 g/mol. The van der Waals surface area contributed by atoms with Crippen LogP contribution in [-0.2, 0) is 9.22 Å². The van der Waals surface area contributed by atoms with Gasteiger partial charge in [-0.05, 0) is 57.3 Å². The minimum Gasteiger partial charge on any atom is -0.548 e. The number of carbonyl (C=O) groups excluding carboxylic acids is 1. The van der Waals surface area contributed by atoms with Gasteiger partial charge in [0.05, 0.1) is 5.76 Å². The fourth-order valence-electron chi connectivity index (χ4n) is 3.57. The summed E-state index contributed by atoms with van der Waals surface area (Å²) in [6, 6.07) is 0. The van der Waals surface area contributed by atoms with Crippen molar-refractivity contribution in [2.24, 2.45) is 11.3 Å². The molecule has 0 aromatic carbocycles. The minimum atomic E-state index is -1.63. The summed E-state index contributed by atoms with van der Waals surface area (Å²) in [6.07, 6.45) is 5.96. The van der Waals surface area contributed by atoms with Gasteiger partial charge in [0.15, 0.2) is 5.78 Å². The smallest absolute Gasteiger partial charge is 0.241 e. The SMILES string of the molecule is CCCCC#CC12C(=O)CC1CC/C2=C(/C)O[Si](C)(C)C. The largest absolute Gasteiger partial charge is 0.548 e. The number of rotatable bonds is 4. The predicted molar refractivity (Wildman–Crippen MR) is 89.2 cm³/mol. The molecule has 2 aliphatic rings. The molecule has 3 heteroatoms. The molecule has 21 heavy (non-hydrogen) atoms. The Morgan fingerprint density at radius 1 is 1.43 bits per heavy atom. The Hall–Kier alpha value is -1.01. The summed E-state index contributed by atoms with van der Waals surface area (Å²) in [7, 11) is -1.63. The molecule has 0 spiro atoms. The Bertz CT molecular complexity index is 516. The van der Waals surface area contributed by atoms with Crippen molar-refractivity contribution in [1.29, 1.82) is 0 Å². The molecule has 2 fully saturated rings. The number of hydrogen-bond acceptors (Lipinski definition) is 2. The molecule has 2 rings (SSSR count). The van der Waals surface area contributed by atoms with Gasteiger partial charge in [0.2, 0.25) is 8.32 Å². The van der Waals surface area contributed by atoms with Gasteiger partial charge in [0.1, 0.15) is 5.41 Å². The third kappa shape index (κ3) is 3.11. The van der Waals surface area contributed by atoms with Crippen molar-refractivity contribution in [2.45, 2.75) is 72.0 Å². The van der Waals surface area contributed by atoms with Crippen molar-refractivity contribution >= 4 is 14.1 Å². The van der Waals surface area contributed by atoms with E-state index in [4.69, 9.17) is 4.43 Å². The standard InChI is InChI=1S/C18H28O2Si/c1-6-7-8-9-12-18-15(13-17(18)19)10-11-16(18)14(2)20-21(3,4)5/h15H,6-8,10-11,13H2,1-5H3/b16-14+. The van der Waals surface area contributed by atoms with Gasteiger partial charge in [-0.15, -0.1) is 5.92 Å². The van der Waals surface area contributed by atoms with Crippen LogP contribution in [-0.4, -0.2) is 14.1 Å². The molecule has 2 nitrogen and oxygen atoms in total. The summed E-state index contributed by atoms with van der Waals surface area (Å²) in [5.41, 5.74) is 0.715. The summed E-state index contributed by atoms with van der Waals surface area (Å²) < 4.78 is 6.17. The quantitative estimate of drug-likeness (QED) is 0.326. The van der Waals surface area contributed by atoms with Crippen LogP contribution < -0.4 is 0 Å². The Kier molecular flexibility index (Phi) is 4.68. The molecule has 0 amide bonds. The third-order valence-corrected chi connectivity index (χ3v) is 5.45. The number of fused-ring (bicyclic) bond motifs is 1. The van der Waals surface area contributed by atoms with E-state index in [-0.39, 0.29) is 0 Å². The number of ketones is 1. The summed E-state index contributed by atoms with van der Waals surface area (Å²) in [4.78, 5) is 12.4. The fraction of sp³-hybridized carbons (Fsp3) is 0.722. The highest BCUT2D eigenvalue weighted by molar-refractivity contribution is 6.70. The van der Waals surface area contributed by atoms with Crippen LogP contribution >= 0.6 is 0 Å². The topological polar surface area (TPSA) is 26.3 Å². The summed E-state index contributed by atoms with van der Waals surface area (Å²) in [5, 5.41) is 0. The van der Waals surface area contributed by atoms with Crippen LogP contribution in [0.1, 0.15) is 52.4 Å². The Labute approximate surface area is 130 Å². The fourth-order valence-corrected chi connectivity index (χ4v) is 4.61. The van der Waals surface area contributed by atoms with E-state index in [1.807, 2.05) is 6.92 Å². The Morgan fingerprint density at radius 3 is 2.71 bits per heavy atom. The maximum absolute atomic E-state index is 12.4. The van der Waals surface area contributed by atoms with E-state index in [2.05, 4.69) is 38.4 Å². The first-order valence-electron chi connectivity index (χ1n) is 8.24. The minimum absolute atomic E-state index is 0.322. The van der Waals surface area contributed by atoms with Crippen LogP contribution in [0.3, 0.4) is 0 Å². The highest BCUT2D eigenvalue weighted by atomic mass is 28.4. The monoisotopic (exact) mass is 304 g/mol. The lowest BCUT2D eigenvalue weighted by Crippen LogP contribution is -2.47. The van der Waals surface area contributed by atoms with Crippen LogP contribution in [0.25, 0.3) is 0 Å². The third-order valence-electron chi connectivity index (χ3n) is 4.53. The molecule has 0 heterocycles. The highest BCUT2D eigenvalue weighted by Crippen LogP contribution is 2.58. The van der Waals surface area contributed by atoms with Gasteiger partial charge in [-0.25, -0.2) is 0 Å². The van der Waals surface area contributed by atoms with Gasteiger partial charge in [0, 0.05) is 12.8 Å². The average Bonchev–Trinajstić information content (AvgIpc) is 2.66. The van der Waals surface area contributed by atoms with Crippen LogP contribution in [0.4, 0.5) is 0 Å². The molecule has 2 aliphatic carbocycles. The van der Waals surface area contributed by atoms with E-state index < -0.39 is 13.7 Å². The first-order valence-corrected chi connectivity index (χ1v) is 11.6. The van der Waals surface area contributed by atoms with Crippen molar-refractivity contribution in [3.8, 4) is 11.8 Å². The van der Waals surface area contributed by atoms with Crippen LogP contribution in [0.15, 0.2) is 11.3 Å². The summed E-state index contributed by atoms with van der Waals surface area (Å²) >= 11 is 0. The maximum Gasteiger partial charge on any atom is 0.241 e. The van der Waals surface area contributed by atoms with E-state index in [0.29, 0.717) is 18.1 Å². The van der Waals surface area contributed by atoms with Crippen LogP contribution in [0.2, 0.25) is 19.6 Å². The molecule has 0 aliphatic heterocycles. The lowest BCUT2D eigenvalue weighted by Gasteiger charge is -2.40. The average molecular weight is 305 g/mol. The molecule has 2 unspecified atom stereocenters. The normalized spacial score (nSPS) is 30.1. The molecule has 0 aromatic heterocycles. The number of allylic oxidation sites excluding steroid dienone is 2. The van der Waals surface area contributed by atoms with Gasteiger partial charge in [0.25, 0.3) is 0 Å². The number of carbonyl (C=O) groups is 1. The van der Waals surface area contributed by atoms with Crippen molar-refractivity contribution in [1.82, 2.24) is 0 Å². The predicted octanol–water partition coefficient (Wildman–Crippen LogP) is 4.67. The van der Waals surface area contributed by atoms with Gasteiger partial charge in [-0.2, -0.15) is 0 Å². The zero-order valence-corrected chi connectivity index (χ0v) is 15.1. The molecule has 0 bridgehead atoms. The Balaban J connectivity index is 2.30. The Morgan fingerprint density at radius 2 is 2.14 bits per heavy atom. The first-order chi connectivity index (χ1) is 9.81. The second kappa shape index (κ2) is 6.00. The zero-order chi connectivity index (χ0) is 15.7. The first kappa shape index (κ1) is 16.4. The van der Waals surface area contributed by atoms with Crippen molar-refractivity contribution < 1.29 is 9.22 Å². The number of unbranched alkanes of at least 4 members (excludes halogenated alkanes) is 2. The van der Waals surface area contributed by atoms with Crippen molar-refractivity contribution in [3.05, 3.63) is 11.3 Å². The van der Waals surface area contributed by atoms with Gasteiger partial charge < -0.3 is 4.43 Å². The van der Waals surface area contributed by atoms with E-state index in [1.165, 1.54) is 5.57 Å². The lowest BCUT2D eigenvalue weighted by molar-refractivity contribution is -0.135. The molecular formula is C18H28O2Si. The number of Topliss-reactive ketones (excluding diaryl/α,β-unsaturated/α-hetero) is 1. The van der Waals surface area contributed by atoms with Gasteiger partial charge >= 0.3 is 0 Å². The lowest BCUT2D eigenvalue weighted by atomic mass is 9.59. The van der Waals surface area contributed by atoms with Gasteiger partial charge in [-0.3, -0.25) is 4.79 Å². The molecule has 0 saturated heterocycles. The molecule has 0 N–H and O–H groups in total. The molecule has 0 aromatic rings. The van der Waals surface area contributed by atoms with Gasteiger partial charge in [-0.1, -0.05) is 19.3 Å². The van der Waals surface area contributed by atoms with E-state index in [0.717, 1.165) is 37.9 Å². The molecule has 2 atom stereocenters. The van der Waals surface area contributed by atoms with Crippen LogP contribution in [0, 0.1) is 23.2 Å². The van der Waals surface area contributed by atoms with Crippen LogP contribution in [0.5, 0.6) is 0 Å². The summed E-state index contributed by atoms with van der Waals surface area (Å²) in [6.45, 7) is 10.8. The highest BCUT2D eigenvalue weighted by Gasteiger charge is 2.60. The van der Waals surface area contributed by atoms with Crippen molar-refractivity contribution in [2.75, 3.05) is 0 Å². The summed E-state index contributed by atoms with van der Waals surface area (Å²) in [5.74, 6) is 8.40.